The van der Waals surface area contributed by atoms with Gasteiger partial charge in [0.05, 0.1) is 13.7 Å². The van der Waals surface area contributed by atoms with E-state index in [1.165, 1.54) is 0 Å². The first kappa shape index (κ1) is 13.8. The molecule has 0 spiro atoms. The number of benzene rings is 1. The quantitative estimate of drug-likeness (QED) is 0.613. The number of carbonyl (C=O) groups is 1. The normalized spacial score (nSPS) is 12.1. The first-order chi connectivity index (χ1) is 8.01. The Labute approximate surface area is 107 Å². The van der Waals surface area contributed by atoms with Crippen LogP contribution in [0, 0.1) is 13.8 Å². The minimum absolute atomic E-state index is 0.315. The summed E-state index contributed by atoms with van der Waals surface area (Å²) in [4.78, 5) is 11.6. The zero-order valence-electron chi connectivity index (χ0n) is 10.5. The molecular formula is C13H17ClO3. The summed E-state index contributed by atoms with van der Waals surface area (Å²) >= 11 is 6.11. The van der Waals surface area contributed by atoms with Crippen LogP contribution in [0.15, 0.2) is 12.1 Å². The molecule has 1 aromatic carbocycles. The molecular weight excluding hydrogens is 240 g/mol. The lowest BCUT2D eigenvalue weighted by molar-refractivity contribution is -0.142. The van der Waals surface area contributed by atoms with Gasteiger partial charge in [0.25, 0.3) is 0 Å². The summed E-state index contributed by atoms with van der Waals surface area (Å²) < 4.78 is 10.2. The number of aryl methyl sites for hydroxylation is 2. The monoisotopic (exact) mass is 256 g/mol. The summed E-state index contributed by atoms with van der Waals surface area (Å²) in [5.41, 5.74) is 2.65. The van der Waals surface area contributed by atoms with Gasteiger partial charge in [-0.1, -0.05) is 17.7 Å². The maximum Gasteiger partial charge on any atom is 0.328 e. The fraction of sp³-hybridized carbons (Fsp3) is 0.462. The molecule has 0 aliphatic heterocycles. The molecule has 0 aromatic heterocycles. The lowest BCUT2D eigenvalue weighted by Gasteiger charge is -2.16. The van der Waals surface area contributed by atoms with Crippen LogP contribution < -0.4 is 4.74 Å². The first-order valence-corrected chi connectivity index (χ1v) is 5.90. The van der Waals surface area contributed by atoms with Gasteiger partial charge in [0.2, 0.25) is 0 Å². The fourth-order valence-corrected chi connectivity index (χ4v) is 2.02. The van der Waals surface area contributed by atoms with E-state index in [1.54, 1.807) is 14.0 Å². The van der Waals surface area contributed by atoms with Crippen LogP contribution in [0.5, 0.6) is 5.75 Å². The molecule has 0 aliphatic carbocycles. The Bertz CT molecular complexity index is 415. The van der Waals surface area contributed by atoms with Gasteiger partial charge < -0.3 is 9.47 Å². The molecule has 0 amide bonds. The second-order valence-electron chi connectivity index (χ2n) is 3.82. The predicted octanol–water partition coefficient (Wildman–Crippen LogP) is 3.16. The van der Waals surface area contributed by atoms with E-state index in [-0.39, 0.29) is 0 Å². The Hall–Kier alpha value is -1.22. The minimum Gasteiger partial charge on any atom is -0.496 e. The SMILES string of the molecule is CCOC(=O)C(Cl)c1cc(C)cc(C)c1OC. The van der Waals surface area contributed by atoms with Gasteiger partial charge in [-0.15, -0.1) is 11.6 Å². The van der Waals surface area contributed by atoms with Crippen LogP contribution in [0.2, 0.25) is 0 Å². The van der Waals surface area contributed by atoms with E-state index in [2.05, 4.69) is 0 Å². The molecule has 0 saturated heterocycles. The van der Waals surface area contributed by atoms with Crippen molar-refractivity contribution in [3.63, 3.8) is 0 Å². The predicted molar refractivity (Wildman–Crippen MR) is 67.7 cm³/mol. The Morgan fingerprint density at radius 2 is 2.06 bits per heavy atom. The van der Waals surface area contributed by atoms with Crippen LogP contribution in [-0.4, -0.2) is 19.7 Å². The van der Waals surface area contributed by atoms with E-state index in [0.29, 0.717) is 17.9 Å². The van der Waals surface area contributed by atoms with Crippen molar-refractivity contribution in [1.82, 2.24) is 0 Å². The number of alkyl halides is 1. The molecule has 3 nitrogen and oxygen atoms in total. The molecule has 0 bridgehead atoms. The third-order valence-electron chi connectivity index (χ3n) is 2.42. The third-order valence-corrected chi connectivity index (χ3v) is 2.83. The summed E-state index contributed by atoms with van der Waals surface area (Å²) in [6.07, 6.45) is 0. The lowest BCUT2D eigenvalue weighted by Crippen LogP contribution is -2.12. The summed E-state index contributed by atoms with van der Waals surface area (Å²) in [6.45, 7) is 5.93. The molecule has 0 radical (unpaired) electrons. The number of rotatable bonds is 4. The molecule has 0 fully saturated rings. The van der Waals surface area contributed by atoms with Gasteiger partial charge in [0, 0.05) is 5.56 Å². The molecule has 0 heterocycles. The zero-order chi connectivity index (χ0) is 13.0. The Morgan fingerprint density at radius 1 is 1.41 bits per heavy atom. The topological polar surface area (TPSA) is 35.5 Å². The van der Waals surface area contributed by atoms with Gasteiger partial charge >= 0.3 is 5.97 Å². The molecule has 1 aromatic rings. The lowest BCUT2D eigenvalue weighted by atomic mass is 10.0. The number of halogens is 1. The van der Waals surface area contributed by atoms with E-state index in [0.717, 1.165) is 11.1 Å². The molecule has 0 saturated carbocycles. The fourth-order valence-electron chi connectivity index (χ4n) is 1.80. The van der Waals surface area contributed by atoms with Crippen molar-refractivity contribution in [2.75, 3.05) is 13.7 Å². The smallest absolute Gasteiger partial charge is 0.328 e. The van der Waals surface area contributed by atoms with Crippen LogP contribution >= 0.6 is 11.6 Å². The number of carbonyl (C=O) groups excluding carboxylic acids is 1. The van der Waals surface area contributed by atoms with Crippen LogP contribution in [0.1, 0.15) is 29.0 Å². The minimum atomic E-state index is -0.830. The van der Waals surface area contributed by atoms with E-state index < -0.39 is 11.3 Å². The van der Waals surface area contributed by atoms with Crippen LogP contribution in [-0.2, 0) is 9.53 Å². The molecule has 94 valence electrons. The highest BCUT2D eigenvalue weighted by Crippen LogP contribution is 2.34. The molecule has 4 heteroatoms. The highest BCUT2D eigenvalue weighted by atomic mass is 35.5. The standard InChI is InChI=1S/C13H17ClO3/c1-5-17-13(15)11(14)10-7-8(2)6-9(3)12(10)16-4/h6-7,11H,5H2,1-4H3. The number of hydrogen-bond acceptors (Lipinski definition) is 3. The van der Waals surface area contributed by atoms with E-state index in [1.807, 2.05) is 26.0 Å². The summed E-state index contributed by atoms with van der Waals surface area (Å²) in [6, 6.07) is 3.83. The number of methoxy groups -OCH3 is 1. The summed E-state index contributed by atoms with van der Waals surface area (Å²) in [7, 11) is 1.57. The maximum absolute atomic E-state index is 11.6. The van der Waals surface area contributed by atoms with Crippen LogP contribution in [0.3, 0.4) is 0 Å². The van der Waals surface area contributed by atoms with Crippen molar-refractivity contribution in [2.45, 2.75) is 26.1 Å². The van der Waals surface area contributed by atoms with Gasteiger partial charge in [0.15, 0.2) is 5.38 Å². The average molecular weight is 257 g/mol. The zero-order valence-corrected chi connectivity index (χ0v) is 11.3. The Morgan fingerprint density at radius 3 is 2.59 bits per heavy atom. The number of ether oxygens (including phenoxy) is 2. The molecule has 0 N–H and O–H groups in total. The second-order valence-corrected chi connectivity index (χ2v) is 4.26. The molecule has 0 aliphatic rings. The van der Waals surface area contributed by atoms with E-state index in [4.69, 9.17) is 21.1 Å². The van der Waals surface area contributed by atoms with Gasteiger partial charge in [0.1, 0.15) is 5.75 Å². The number of hydrogen-bond donors (Lipinski definition) is 0. The van der Waals surface area contributed by atoms with Gasteiger partial charge in [-0.3, -0.25) is 4.79 Å². The molecule has 17 heavy (non-hydrogen) atoms. The Balaban J connectivity index is 3.15. The van der Waals surface area contributed by atoms with Gasteiger partial charge in [-0.25, -0.2) is 0 Å². The van der Waals surface area contributed by atoms with Crippen molar-refractivity contribution in [1.29, 1.82) is 0 Å². The second kappa shape index (κ2) is 5.92. The van der Waals surface area contributed by atoms with Crippen molar-refractivity contribution in [3.8, 4) is 5.75 Å². The van der Waals surface area contributed by atoms with E-state index in [9.17, 15) is 4.79 Å². The van der Waals surface area contributed by atoms with Gasteiger partial charge in [-0.05, 0) is 26.3 Å². The van der Waals surface area contributed by atoms with Crippen LogP contribution in [0.4, 0.5) is 0 Å². The van der Waals surface area contributed by atoms with Crippen molar-refractivity contribution < 1.29 is 14.3 Å². The Kier molecular flexibility index (Phi) is 4.82. The summed E-state index contributed by atoms with van der Waals surface area (Å²) in [5.74, 6) is 0.195. The highest BCUT2D eigenvalue weighted by molar-refractivity contribution is 6.30. The van der Waals surface area contributed by atoms with Gasteiger partial charge in [-0.2, -0.15) is 0 Å². The molecule has 1 atom stereocenters. The van der Waals surface area contributed by atoms with Crippen molar-refractivity contribution in [2.24, 2.45) is 0 Å². The average Bonchev–Trinajstić information content (AvgIpc) is 2.27. The van der Waals surface area contributed by atoms with Crippen molar-refractivity contribution >= 4 is 17.6 Å². The molecule has 1 unspecified atom stereocenters. The summed E-state index contributed by atoms with van der Waals surface area (Å²) in [5, 5.41) is -0.830. The highest BCUT2D eigenvalue weighted by Gasteiger charge is 2.23. The van der Waals surface area contributed by atoms with E-state index >= 15 is 0 Å². The number of esters is 1. The first-order valence-electron chi connectivity index (χ1n) is 5.47. The van der Waals surface area contributed by atoms with Crippen LogP contribution in [0.25, 0.3) is 0 Å². The molecule has 1 rings (SSSR count). The van der Waals surface area contributed by atoms with Crippen molar-refractivity contribution in [3.05, 3.63) is 28.8 Å². The third kappa shape index (κ3) is 3.13. The largest absolute Gasteiger partial charge is 0.496 e. The maximum atomic E-state index is 11.6.